The van der Waals surface area contributed by atoms with Gasteiger partial charge in [0.2, 0.25) is 33.1 Å². The van der Waals surface area contributed by atoms with Crippen LogP contribution in [0, 0.1) is 0 Å². The summed E-state index contributed by atoms with van der Waals surface area (Å²) in [5, 5.41) is 10.3. The van der Waals surface area contributed by atoms with E-state index in [-0.39, 0.29) is 46.2 Å². The van der Waals surface area contributed by atoms with Gasteiger partial charge in [-0.05, 0) is 37.6 Å². The third-order valence-electron chi connectivity index (χ3n) is 4.74. The van der Waals surface area contributed by atoms with Gasteiger partial charge in [-0.25, -0.2) is 8.42 Å². The highest BCUT2D eigenvalue weighted by atomic mass is 32.2. The van der Waals surface area contributed by atoms with Gasteiger partial charge in [-0.2, -0.15) is 4.31 Å². The van der Waals surface area contributed by atoms with Crippen molar-refractivity contribution in [3.8, 4) is 0 Å². The summed E-state index contributed by atoms with van der Waals surface area (Å²) in [6.07, 6.45) is 1.38. The molecule has 9 heteroatoms. The lowest BCUT2D eigenvalue weighted by atomic mass is 9.83. The predicted molar refractivity (Wildman–Crippen MR) is 108 cm³/mol. The Hall–Kier alpha value is -2.75. The van der Waals surface area contributed by atoms with Gasteiger partial charge in [-0.1, -0.05) is 18.2 Å². The first-order valence-corrected chi connectivity index (χ1v) is 10.6. The molecule has 30 heavy (non-hydrogen) atoms. The standard InChI is InChI=1S/C21H23NO7S/c1-21(2,25)10-13-11-22(30(26,27)14-8-6-5-7-9-14)12-15-16(13)18(24)20(29-4)19(28-3)17(15)23/h5-10,25H,11-12H2,1-4H3/b13-10+. The molecule has 0 saturated carbocycles. The van der Waals surface area contributed by atoms with Crippen LogP contribution < -0.4 is 0 Å². The van der Waals surface area contributed by atoms with Crippen LogP contribution in [0.25, 0.3) is 0 Å². The lowest BCUT2D eigenvalue weighted by Gasteiger charge is -2.34. The fraction of sp³-hybridized carbons (Fsp3) is 0.333. The van der Waals surface area contributed by atoms with Crippen LogP contribution in [0.3, 0.4) is 0 Å². The maximum Gasteiger partial charge on any atom is 0.243 e. The maximum absolute atomic E-state index is 13.2. The molecular formula is C21H23NO7S. The van der Waals surface area contributed by atoms with Crippen LogP contribution in [0.5, 0.6) is 0 Å². The average Bonchev–Trinajstić information content (AvgIpc) is 2.69. The van der Waals surface area contributed by atoms with E-state index < -0.39 is 27.2 Å². The van der Waals surface area contributed by atoms with Crippen LogP contribution in [-0.4, -0.2) is 62.3 Å². The van der Waals surface area contributed by atoms with Crippen LogP contribution in [0.15, 0.2) is 69.5 Å². The van der Waals surface area contributed by atoms with Crippen molar-refractivity contribution in [1.82, 2.24) is 4.31 Å². The second-order valence-electron chi connectivity index (χ2n) is 7.49. The van der Waals surface area contributed by atoms with Crippen LogP contribution in [0.1, 0.15) is 13.8 Å². The summed E-state index contributed by atoms with van der Waals surface area (Å²) < 4.78 is 37.6. The Kier molecular flexibility index (Phi) is 5.72. The number of hydrogen-bond acceptors (Lipinski definition) is 7. The number of sulfonamides is 1. The fourth-order valence-corrected chi connectivity index (χ4v) is 4.93. The minimum Gasteiger partial charge on any atom is -0.489 e. The van der Waals surface area contributed by atoms with E-state index >= 15 is 0 Å². The van der Waals surface area contributed by atoms with Crippen molar-refractivity contribution in [2.75, 3.05) is 27.3 Å². The van der Waals surface area contributed by atoms with E-state index in [0.717, 1.165) is 4.31 Å². The lowest BCUT2D eigenvalue weighted by molar-refractivity contribution is -0.121. The second-order valence-corrected chi connectivity index (χ2v) is 9.43. The molecular weight excluding hydrogens is 410 g/mol. The van der Waals surface area contributed by atoms with Crippen molar-refractivity contribution in [1.29, 1.82) is 0 Å². The molecule has 1 heterocycles. The van der Waals surface area contributed by atoms with Crippen LogP contribution >= 0.6 is 0 Å². The molecule has 1 aromatic carbocycles. The van der Waals surface area contributed by atoms with Gasteiger partial charge in [0.25, 0.3) is 0 Å². The Bertz CT molecular complexity index is 1090. The first-order chi connectivity index (χ1) is 14.0. The first-order valence-electron chi connectivity index (χ1n) is 9.15. The number of Topliss-reactive ketones (excluding diaryl/α,β-unsaturated/α-hetero) is 2. The molecule has 1 aliphatic carbocycles. The molecule has 160 valence electrons. The number of rotatable bonds is 5. The number of ether oxygens (including phenoxy) is 2. The maximum atomic E-state index is 13.2. The molecule has 0 atom stereocenters. The van der Waals surface area contributed by atoms with E-state index in [1.165, 1.54) is 46.3 Å². The molecule has 0 spiro atoms. The molecule has 3 rings (SSSR count). The second kappa shape index (κ2) is 7.82. The van der Waals surface area contributed by atoms with Crippen molar-refractivity contribution < 1.29 is 32.6 Å². The number of ketones is 2. The number of nitrogens with zero attached hydrogens (tertiary/aromatic N) is 1. The highest BCUT2D eigenvalue weighted by Gasteiger charge is 2.44. The Morgan fingerprint density at radius 1 is 1.00 bits per heavy atom. The zero-order valence-corrected chi connectivity index (χ0v) is 17.9. The first kappa shape index (κ1) is 21.9. The number of aliphatic hydroxyl groups is 1. The van der Waals surface area contributed by atoms with Gasteiger partial charge in [0.1, 0.15) is 0 Å². The zero-order chi connectivity index (χ0) is 22.3. The van der Waals surface area contributed by atoms with Crippen LogP contribution in [0.4, 0.5) is 0 Å². The molecule has 0 unspecified atom stereocenters. The SMILES string of the molecule is COC1=C(OC)C(=O)C2=C(CN(S(=O)(=O)c3ccccc3)C/C2=C\C(C)(C)O)C1=O. The Labute approximate surface area is 175 Å². The van der Waals surface area contributed by atoms with Gasteiger partial charge in [0.15, 0.2) is 0 Å². The van der Waals surface area contributed by atoms with Gasteiger partial charge in [0, 0.05) is 24.2 Å². The third kappa shape index (κ3) is 3.83. The number of hydrogen-bond donors (Lipinski definition) is 1. The minimum atomic E-state index is -3.96. The van der Waals surface area contributed by atoms with E-state index in [1.54, 1.807) is 18.2 Å². The molecule has 0 radical (unpaired) electrons. The Morgan fingerprint density at radius 2 is 1.57 bits per heavy atom. The summed E-state index contributed by atoms with van der Waals surface area (Å²) in [6, 6.07) is 7.80. The Balaban J connectivity index is 2.19. The highest BCUT2D eigenvalue weighted by molar-refractivity contribution is 7.89. The molecule has 8 nitrogen and oxygen atoms in total. The number of methoxy groups -OCH3 is 2. The van der Waals surface area contributed by atoms with E-state index in [9.17, 15) is 23.1 Å². The summed E-state index contributed by atoms with van der Waals surface area (Å²) >= 11 is 0. The number of carbonyl (C=O) groups excluding carboxylic acids is 2. The van der Waals surface area contributed by atoms with Gasteiger partial charge in [0.05, 0.1) is 24.7 Å². The molecule has 2 aliphatic rings. The molecule has 0 aromatic heterocycles. The zero-order valence-electron chi connectivity index (χ0n) is 17.1. The van der Waals surface area contributed by atoms with E-state index in [0.29, 0.717) is 0 Å². The normalized spacial score (nSPS) is 20.0. The molecule has 1 N–H and O–H groups in total. The van der Waals surface area contributed by atoms with Crippen molar-refractivity contribution in [3.05, 3.63) is 64.6 Å². The largest absolute Gasteiger partial charge is 0.489 e. The molecule has 0 bridgehead atoms. The van der Waals surface area contributed by atoms with E-state index in [4.69, 9.17) is 9.47 Å². The van der Waals surface area contributed by atoms with E-state index in [1.807, 2.05) is 0 Å². The molecule has 0 fully saturated rings. The summed E-state index contributed by atoms with van der Waals surface area (Å²) in [5.41, 5.74) is -1.10. The van der Waals surface area contributed by atoms with Crippen molar-refractivity contribution in [2.24, 2.45) is 0 Å². The van der Waals surface area contributed by atoms with Gasteiger partial charge in [-0.3, -0.25) is 9.59 Å². The smallest absolute Gasteiger partial charge is 0.243 e. The number of allylic oxidation sites excluding steroid dienone is 2. The summed E-state index contributed by atoms with van der Waals surface area (Å²) in [7, 11) is -1.47. The minimum absolute atomic E-state index is 0.0149. The molecule has 1 aromatic rings. The van der Waals surface area contributed by atoms with Crippen molar-refractivity contribution >= 4 is 21.6 Å². The fourth-order valence-electron chi connectivity index (χ4n) is 3.53. The third-order valence-corrected chi connectivity index (χ3v) is 6.55. The van der Waals surface area contributed by atoms with Crippen molar-refractivity contribution in [3.63, 3.8) is 0 Å². The molecule has 1 aliphatic heterocycles. The molecule has 0 saturated heterocycles. The van der Waals surface area contributed by atoms with Gasteiger partial charge < -0.3 is 14.6 Å². The Morgan fingerprint density at radius 3 is 2.10 bits per heavy atom. The monoisotopic (exact) mass is 433 g/mol. The van der Waals surface area contributed by atoms with Crippen LogP contribution in [-0.2, 0) is 29.1 Å². The quantitative estimate of drug-likeness (QED) is 0.698. The van der Waals surface area contributed by atoms with Gasteiger partial charge >= 0.3 is 0 Å². The highest BCUT2D eigenvalue weighted by Crippen LogP contribution is 2.36. The van der Waals surface area contributed by atoms with Gasteiger partial charge in [-0.15, -0.1) is 0 Å². The topological polar surface area (TPSA) is 110 Å². The van der Waals surface area contributed by atoms with Crippen LogP contribution in [0.2, 0.25) is 0 Å². The summed E-state index contributed by atoms with van der Waals surface area (Å²) in [6.45, 7) is 2.50. The molecule has 0 amide bonds. The average molecular weight is 433 g/mol. The lowest BCUT2D eigenvalue weighted by Crippen LogP contribution is -2.44. The number of benzene rings is 1. The summed E-state index contributed by atoms with van der Waals surface area (Å²) in [5.74, 6) is -1.74. The van der Waals surface area contributed by atoms with Crippen molar-refractivity contribution in [2.45, 2.75) is 24.3 Å². The summed E-state index contributed by atoms with van der Waals surface area (Å²) in [4.78, 5) is 26.2. The van der Waals surface area contributed by atoms with E-state index in [2.05, 4.69) is 0 Å². The number of carbonyl (C=O) groups is 2. The predicted octanol–water partition coefficient (Wildman–Crippen LogP) is 1.34.